The van der Waals surface area contributed by atoms with Crippen molar-refractivity contribution in [1.29, 1.82) is 0 Å². The highest BCUT2D eigenvalue weighted by Gasteiger charge is 2.34. The van der Waals surface area contributed by atoms with Crippen molar-refractivity contribution >= 4 is 5.97 Å². The summed E-state index contributed by atoms with van der Waals surface area (Å²) in [7, 11) is 2.22. The Bertz CT molecular complexity index is 257. The predicted molar refractivity (Wildman–Crippen MR) is 62.3 cm³/mol. The Labute approximate surface area is 97.5 Å². The Morgan fingerprint density at radius 2 is 2.06 bits per heavy atom. The van der Waals surface area contributed by atoms with Gasteiger partial charge in [-0.1, -0.05) is 0 Å². The fourth-order valence-corrected chi connectivity index (χ4v) is 2.91. The molecule has 0 saturated carbocycles. The Hall–Kier alpha value is -0.610. The second-order valence-electron chi connectivity index (χ2n) is 4.88. The lowest BCUT2D eigenvalue weighted by atomic mass is 10.1. The number of nitrogens with zero attached hydrogens (tertiary/aromatic N) is 2. The van der Waals surface area contributed by atoms with Crippen molar-refractivity contribution in [2.24, 2.45) is 0 Å². The molecule has 2 saturated heterocycles. The van der Waals surface area contributed by atoms with E-state index in [1.54, 1.807) is 0 Å². The average Bonchev–Trinajstić information content (AvgIpc) is 2.47. The van der Waals surface area contributed by atoms with Gasteiger partial charge in [-0.3, -0.25) is 14.6 Å². The number of hydrogen-bond acceptors (Lipinski definition) is 4. The van der Waals surface area contributed by atoms with Gasteiger partial charge in [-0.05, 0) is 33.2 Å². The maximum absolute atomic E-state index is 11.4. The topological polar surface area (TPSA) is 32.8 Å². The quantitative estimate of drug-likeness (QED) is 0.664. The van der Waals surface area contributed by atoms with Crippen LogP contribution in [-0.4, -0.2) is 61.1 Å². The van der Waals surface area contributed by atoms with Crippen LogP contribution in [0.4, 0.5) is 0 Å². The number of carbonyl (C=O) groups excluding carboxylic acids is 1. The summed E-state index contributed by atoms with van der Waals surface area (Å²) in [5.41, 5.74) is 0. The zero-order chi connectivity index (χ0) is 11.5. The molecular formula is C12H22N2O2. The molecule has 0 aromatic rings. The van der Waals surface area contributed by atoms with Crippen molar-refractivity contribution in [2.75, 3.05) is 33.3 Å². The lowest BCUT2D eigenvalue weighted by molar-refractivity contribution is -0.144. The molecule has 0 aromatic heterocycles. The Morgan fingerprint density at radius 1 is 1.31 bits per heavy atom. The maximum atomic E-state index is 11.4. The first kappa shape index (κ1) is 11.9. The highest BCUT2D eigenvalue weighted by Crippen LogP contribution is 2.28. The van der Waals surface area contributed by atoms with Gasteiger partial charge in [0.2, 0.25) is 0 Å². The standard InChI is InChI=1S/C12H22N2O2/c1-3-16-12(15)9-14-7-6-10-4-5-11(8-14)13(10)2/h10-11H,3-9H2,1-2H3. The molecule has 16 heavy (non-hydrogen) atoms. The molecule has 92 valence electrons. The molecule has 2 bridgehead atoms. The Kier molecular flexibility index (Phi) is 3.82. The van der Waals surface area contributed by atoms with Crippen molar-refractivity contribution in [3.8, 4) is 0 Å². The van der Waals surface area contributed by atoms with E-state index in [0.29, 0.717) is 19.2 Å². The molecule has 2 rings (SSSR count). The summed E-state index contributed by atoms with van der Waals surface area (Å²) >= 11 is 0. The van der Waals surface area contributed by atoms with E-state index in [0.717, 1.165) is 19.1 Å². The van der Waals surface area contributed by atoms with Crippen molar-refractivity contribution in [3.63, 3.8) is 0 Å². The van der Waals surface area contributed by atoms with Gasteiger partial charge in [-0.25, -0.2) is 0 Å². The zero-order valence-corrected chi connectivity index (χ0v) is 10.3. The molecule has 0 N–H and O–H groups in total. The Morgan fingerprint density at radius 3 is 2.81 bits per heavy atom. The summed E-state index contributed by atoms with van der Waals surface area (Å²) in [6.07, 6.45) is 3.79. The summed E-state index contributed by atoms with van der Waals surface area (Å²) in [6, 6.07) is 1.37. The third-order valence-corrected chi connectivity index (χ3v) is 3.89. The van der Waals surface area contributed by atoms with E-state index in [1.165, 1.54) is 19.3 Å². The van der Waals surface area contributed by atoms with Gasteiger partial charge in [-0.2, -0.15) is 0 Å². The van der Waals surface area contributed by atoms with Crippen LogP contribution in [0.3, 0.4) is 0 Å². The van der Waals surface area contributed by atoms with Crippen molar-refractivity contribution in [3.05, 3.63) is 0 Å². The van der Waals surface area contributed by atoms with E-state index >= 15 is 0 Å². The van der Waals surface area contributed by atoms with Crippen molar-refractivity contribution in [1.82, 2.24) is 9.80 Å². The summed E-state index contributed by atoms with van der Waals surface area (Å²) in [4.78, 5) is 16.2. The molecule has 4 heteroatoms. The number of likely N-dealkylation sites (tertiary alicyclic amines) is 1. The number of rotatable bonds is 3. The molecule has 4 nitrogen and oxygen atoms in total. The molecule has 0 spiro atoms. The third kappa shape index (κ3) is 2.55. The molecule has 2 aliphatic rings. The van der Waals surface area contributed by atoms with Gasteiger partial charge < -0.3 is 4.74 Å². The first-order valence-electron chi connectivity index (χ1n) is 6.30. The molecule has 0 radical (unpaired) electrons. The van der Waals surface area contributed by atoms with E-state index in [9.17, 15) is 4.79 Å². The number of likely N-dealkylation sites (N-methyl/N-ethyl adjacent to an activating group) is 1. The molecule has 0 aliphatic carbocycles. The van der Waals surface area contributed by atoms with Gasteiger partial charge in [0.25, 0.3) is 0 Å². The van der Waals surface area contributed by atoms with Gasteiger partial charge in [0, 0.05) is 25.2 Å². The van der Waals surface area contributed by atoms with Crippen LogP contribution in [0, 0.1) is 0 Å². The summed E-state index contributed by atoms with van der Waals surface area (Å²) in [5, 5.41) is 0. The first-order chi connectivity index (χ1) is 7.70. The van der Waals surface area contributed by atoms with Crippen LogP contribution >= 0.6 is 0 Å². The van der Waals surface area contributed by atoms with E-state index in [1.807, 2.05) is 6.92 Å². The van der Waals surface area contributed by atoms with E-state index in [-0.39, 0.29) is 5.97 Å². The molecule has 2 heterocycles. The first-order valence-corrected chi connectivity index (χ1v) is 6.30. The zero-order valence-electron chi connectivity index (χ0n) is 10.3. The van der Waals surface area contributed by atoms with E-state index < -0.39 is 0 Å². The SMILES string of the molecule is CCOC(=O)CN1CCC2CCC(C1)N2C. The molecule has 2 fully saturated rings. The number of fused-ring (bicyclic) bond motifs is 2. The number of esters is 1. The molecule has 2 atom stereocenters. The van der Waals surface area contributed by atoms with Crippen LogP contribution in [0.2, 0.25) is 0 Å². The molecule has 2 unspecified atom stereocenters. The molecule has 2 aliphatic heterocycles. The fourth-order valence-electron chi connectivity index (χ4n) is 2.91. The van der Waals surface area contributed by atoms with Crippen LogP contribution in [0.15, 0.2) is 0 Å². The summed E-state index contributed by atoms with van der Waals surface area (Å²) in [5.74, 6) is -0.0806. The summed E-state index contributed by atoms with van der Waals surface area (Å²) < 4.78 is 5.00. The number of ether oxygens (including phenoxy) is 1. The smallest absolute Gasteiger partial charge is 0.320 e. The van der Waals surface area contributed by atoms with E-state index in [2.05, 4.69) is 16.8 Å². The van der Waals surface area contributed by atoms with E-state index in [4.69, 9.17) is 4.74 Å². The number of hydrogen-bond donors (Lipinski definition) is 0. The van der Waals surface area contributed by atoms with Crippen LogP contribution < -0.4 is 0 Å². The Balaban J connectivity index is 1.86. The lowest BCUT2D eigenvalue weighted by Gasteiger charge is -2.24. The number of carbonyl (C=O) groups is 1. The van der Waals surface area contributed by atoms with Crippen molar-refractivity contribution in [2.45, 2.75) is 38.3 Å². The fraction of sp³-hybridized carbons (Fsp3) is 0.917. The minimum Gasteiger partial charge on any atom is -0.465 e. The minimum absolute atomic E-state index is 0.0806. The van der Waals surface area contributed by atoms with Gasteiger partial charge in [0.15, 0.2) is 0 Å². The largest absolute Gasteiger partial charge is 0.465 e. The van der Waals surface area contributed by atoms with Gasteiger partial charge in [-0.15, -0.1) is 0 Å². The van der Waals surface area contributed by atoms with Gasteiger partial charge in [0.1, 0.15) is 0 Å². The molecule has 0 aromatic carbocycles. The van der Waals surface area contributed by atoms with Crippen LogP contribution in [0.25, 0.3) is 0 Å². The normalized spacial score (nSPS) is 31.4. The third-order valence-electron chi connectivity index (χ3n) is 3.89. The second-order valence-corrected chi connectivity index (χ2v) is 4.88. The van der Waals surface area contributed by atoms with Crippen LogP contribution in [-0.2, 0) is 9.53 Å². The highest BCUT2D eigenvalue weighted by atomic mass is 16.5. The monoisotopic (exact) mass is 226 g/mol. The van der Waals surface area contributed by atoms with Gasteiger partial charge in [0.05, 0.1) is 13.2 Å². The summed E-state index contributed by atoms with van der Waals surface area (Å²) in [6.45, 7) is 4.86. The molecule has 0 amide bonds. The van der Waals surface area contributed by atoms with Crippen LogP contribution in [0.5, 0.6) is 0 Å². The van der Waals surface area contributed by atoms with Crippen LogP contribution in [0.1, 0.15) is 26.2 Å². The second kappa shape index (κ2) is 5.15. The van der Waals surface area contributed by atoms with Gasteiger partial charge >= 0.3 is 5.97 Å². The molecular weight excluding hydrogens is 204 g/mol. The minimum atomic E-state index is -0.0806. The van der Waals surface area contributed by atoms with Crippen molar-refractivity contribution < 1.29 is 9.53 Å². The lowest BCUT2D eigenvalue weighted by Crippen LogP contribution is -2.39. The average molecular weight is 226 g/mol. The maximum Gasteiger partial charge on any atom is 0.320 e. The predicted octanol–water partition coefficient (Wildman–Crippen LogP) is 0.718. The highest BCUT2D eigenvalue weighted by molar-refractivity contribution is 5.71.